The minimum Gasteiger partial charge on any atom is -0.507 e. The molecule has 0 saturated carbocycles. The minimum absolute atomic E-state index is 0.0696. The lowest BCUT2D eigenvalue weighted by Gasteiger charge is -2.22. The summed E-state index contributed by atoms with van der Waals surface area (Å²) in [6, 6.07) is 10.6. The summed E-state index contributed by atoms with van der Waals surface area (Å²) < 4.78 is 0. The zero-order valence-corrected chi connectivity index (χ0v) is 15.7. The molecule has 0 atom stereocenters. The van der Waals surface area contributed by atoms with Gasteiger partial charge in [-0.2, -0.15) is 0 Å². The molecule has 0 radical (unpaired) electrons. The molecule has 0 aliphatic heterocycles. The van der Waals surface area contributed by atoms with Crippen molar-refractivity contribution in [2.45, 2.75) is 51.8 Å². The summed E-state index contributed by atoms with van der Waals surface area (Å²) >= 11 is 3.50. The molecule has 2 heteroatoms. The van der Waals surface area contributed by atoms with E-state index in [1.807, 2.05) is 0 Å². The van der Waals surface area contributed by atoms with Crippen molar-refractivity contribution in [3.8, 4) is 5.75 Å². The fraction of sp³-hybridized carbons (Fsp3) is 0.400. The van der Waals surface area contributed by atoms with Crippen LogP contribution in [-0.4, -0.2) is 5.11 Å². The molecule has 0 fully saturated rings. The SMILES string of the molecule is Cc1cccc(C)c1Cc1cc(C(C)(C)C)cc(CBr)c1O. The summed E-state index contributed by atoms with van der Waals surface area (Å²) in [7, 11) is 0. The summed E-state index contributed by atoms with van der Waals surface area (Å²) in [6.07, 6.45) is 0.772. The van der Waals surface area contributed by atoms with Crippen LogP contribution in [0.3, 0.4) is 0 Å². The van der Waals surface area contributed by atoms with Crippen LogP contribution in [0.5, 0.6) is 5.75 Å². The number of rotatable bonds is 3. The molecule has 2 rings (SSSR count). The number of aryl methyl sites for hydroxylation is 2. The normalized spacial score (nSPS) is 11.7. The fourth-order valence-electron chi connectivity index (χ4n) is 2.75. The van der Waals surface area contributed by atoms with E-state index < -0.39 is 0 Å². The number of halogens is 1. The van der Waals surface area contributed by atoms with E-state index in [2.05, 4.69) is 80.9 Å². The second kappa shape index (κ2) is 6.45. The van der Waals surface area contributed by atoms with Crippen molar-refractivity contribution in [2.75, 3.05) is 0 Å². The van der Waals surface area contributed by atoms with Crippen molar-refractivity contribution >= 4 is 15.9 Å². The van der Waals surface area contributed by atoms with Gasteiger partial charge in [0.1, 0.15) is 5.75 Å². The van der Waals surface area contributed by atoms with Gasteiger partial charge in [-0.3, -0.25) is 0 Å². The molecule has 1 nitrogen and oxygen atoms in total. The van der Waals surface area contributed by atoms with Gasteiger partial charge in [-0.25, -0.2) is 0 Å². The summed E-state index contributed by atoms with van der Waals surface area (Å²) in [6.45, 7) is 10.9. The van der Waals surface area contributed by atoms with Crippen LogP contribution in [0.1, 0.15) is 54.2 Å². The van der Waals surface area contributed by atoms with E-state index in [4.69, 9.17) is 0 Å². The van der Waals surface area contributed by atoms with Crippen molar-refractivity contribution in [3.63, 3.8) is 0 Å². The zero-order chi connectivity index (χ0) is 16.5. The Labute approximate surface area is 142 Å². The Hall–Kier alpha value is -1.28. The maximum Gasteiger partial charge on any atom is 0.123 e. The smallest absolute Gasteiger partial charge is 0.123 e. The third-order valence-electron chi connectivity index (χ3n) is 4.29. The quantitative estimate of drug-likeness (QED) is 0.686. The Kier molecular flexibility index (Phi) is 5.01. The highest BCUT2D eigenvalue weighted by atomic mass is 79.9. The molecule has 0 amide bonds. The van der Waals surface area contributed by atoms with Crippen LogP contribution in [0.4, 0.5) is 0 Å². The first-order chi connectivity index (χ1) is 10.2. The summed E-state index contributed by atoms with van der Waals surface area (Å²) in [5, 5.41) is 11.3. The predicted molar refractivity (Wildman–Crippen MR) is 98.2 cm³/mol. The van der Waals surface area contributed by atoms with Crippen molar-refractivity contribution in [1.29, 1.82) is 0 Å². The molecule has 0 aromatic heterocycles. The lowest BCUT2D eigenvalue weighted by Crippen LogP contribution is -2.12. The number of hydrogen-bond acceptors (Lipinski definition) is 1. The van der Waals surface area contributed by atoms with Gasteiger partial charge >= 0.3 is 0 Å². The van der Waals surface area contributed by atoms with Gasteiger partial charge in [0.2, 0.25) is 0 Å². The fourth-order valence-corrected chi connectivity index (χ4v) is 3.18. The molecule has 2 aromatic carbocycles. The molecule has 2 aromatic rings. The van der Waals surface area contributed by atoms with Gasteiger partial charge in [-0.05, 0) is 47.1 Å². The Morgan fingerprint density at radius 2 is 1.55 bits per heavy atom. The Morgan fingerprint density at radius 3 is 2.05 bits per heavy atom. The van der Waals surface area contributed by atoms with E-state index in [9.17, 15) is 5.11 Å². The van der Waals surface area contributed by atoms with Crippen LogP contribution in [0.25, 0.3) is 0 Å². The van der Waals surface area contributed by atoms with Crippen molar-refractivity contribution in [1.82, 2.24) is 0 Å². The molecule has 0 saturated heterocycles. The van der Waals surface area contributed by atoms with Gasteiger partial charge in [0.05, 0.1) is 0 Å². The van der Waals surface area contributed by atoms with E-state index in [-0.39, 0.29) is 5.41 Å². The maximum absolute atomic E-state index is 10.6. The van der Waals surface area contributed by atoms with E-state index in [0.29, 0.717) is 11.1 Å². The lowest BCUT2D eigenvalue weighted by molar-refractivity contribution is 0.463. The highest BCUT2D eigenvalue weighted by molar-refractivity contribution is 9.08. The second-order valence-corrected chi connectivity index (χ2v) is 7.63. The standard InChI is InChI=1S/C20H25BrO/c1-13-7-6-8-14(2)18(13)11-15-9-17(20(3,4)5)10-16(12-21)19(15)22/h6-10,22H,11-12H2,1-5H3. The first-order valence-corrected chi connectivity index (χ1v) is 8.82. The largest absolute Gasteiger partial charge is 0.507 e. The van der Waals surface area contributed by atoms with Gasteiger partial charge in [0, 0.05) is 17.3 Å². The van der Waals surface area contributed by atoms with E-state index in [1.165, 1.54) is 22.3 Å². The van der Waals surface area contributed by atoms with Crippen LogP contribution in [-0.2, 0) is 17.2 Å². The van der Waals surface area contributed by atoms with Crippen molar-refractivity contribution in [3.05, 3.63) is 63.7 Å². The molecule has 0 heterocycles. The summed E-state index contributed by atoms with van der Waals surface area (Å²) in [4.78, 5) is 0. The molecular formula is C20H25BrO. The highest BCUT2D eigenvalue weighted by Crippen LogP contribution is 2.34. The molecule has 22 heavy (non-hydrogen) atoms. The van der Waals surface area contributed by atoms with Crippen LogP contribution in [0, 0.1) is 13.8 Å². The first-order valence-electron chi connectivity index (χ1n) is 7.70. The first kappa shape index (κ1) is 17.1. The minimum atomic E-state index is 0.0696. The molecule has 0 unspecified atom stereocenters. The second-order valence-electron chi connectivity index (χ2n) is 7.07. The maximum atomic E-state index is 10.6. The summed E-state index contributed by atoms with van der Waals surface area (Å²) in [5.74, 6) is 0.424. The van der Waals surface area contributed by atoms with Crippen molar-refractivity contribution < 1.29 is 5.11 Å². The van der Waals surface area contributed by atoms with E-state index >= 15 is 0 Å². The lowest BCUT2D eigenvalue weighted by atomic mass is 9.83. The molecule has 1 N–H and O–H groups in total. The molecule has 0 spiro atoms. The number of benzene rings is 2. The van der Waals surface area contributed by atoms with Gasteiger partial charge < -0.3 is 5.11 Å². The number of hydrogen-bond donors (Lipinski definition) is 1. The Morgan fingerprint density at radius 1 is 1.00 bits per heavy atom. The summed E-state index contributed by atoms with van der Waals surface area (Å²) in [5.41, 5.74) is 7.18. The highest BCUT2D eigenvalue weighted by Gasteiger charge is 2.19. The topological polar surface area (TPSA) is 20.2 Å². The van der Waals surface area contributed by atoms with Crippen LogP contribution >= 0.6 is 15.9 Å². The molecule has 0 bridgehead atoms. The molecule has 0 aliphatic carbocycles. The molecule has 0 aliphatic rings. The number of aromatic hydroxyl groups is 1. The van der Waals surface area contributed by atoms with Crippen LogP contribution in [0.2, 0.25) is 0 Å². The van der Waals surface area contributed by atoms with Gasteiger partial charge in [-0.15, -0.1) is 0 Å². The number of alkyl halides is 1. The third kappa shape index (κ3) is 3.55. The number of phenols is 1. The average Bonchev–Trinajstić information content (AvgIpc) is 2.43. The van der Waals surface area contributed by atoms with Gasteiger partial charge in [-0.1, -0.05) is 67.0 Å². The van der Waals surface area contributed by atoms with E-state index in [1.54, 1.807) is 0 Å². The number of phenolic OH excluding ortho intramolecular Hbond substituents is 1. The van der Waals surface area contributed by atoms with Crippen LogP contribution in [0.15, 0.2) is 30.3 Å². The Balaban J connectivity index is 2.55. The zero-order valence-electron chi connectivity index (χ0n) is 14.1. The Bertz CT molecular complexity index is 661. The van der Waals surface area contributed by atoms with Gasteiger partial charge in [0.15, 0.2) is 0 Å². The molecule has 118 valence electrons. The third-order valence-corrected chi connectivity index (χ3v) is 4.89. The van der Waals surface area contributed by atoms with E-state index in [0.717, 1.165) is 17.5 Å². The van der Waals surface area contributed by atoms with Crippen LogP contribution < -0.4 is 0 Å². The van der Waals surface area contributed by atoms with Crippen molar-refractivity contribution in [2.24, 2.45) is 0 Å². The van der Waals surface area contributed by atoms with Gasteiger partial charge in [0.25, 0.3) is 0 Å². The molecular weight excluding hydrogens is 336 g/mol. The predicted octanol–water partition coefficient (Wildman–Crippen LogP) is 5.79. The monoisotopic (exact) mass is 360 g/mol. The average molecular weight is 361 g/mol.